The third kappa shape index (κ3) is 5.25. The van der Waals surface area contributed by atoms with Crippen LogP contribution in [0.2, 0.25) is 0 Å². The first-order valence-corrected chi connectivity index (χ1v) is 9.99. The first kappa shape index (κ1) is 20.6. The molecule has 0 bridgehead atoms. The van der Waals surface area contributed by atoms with Gasteiger partial charge in [-0.1, -0.05) is 12.1 Å². The number of aryl methyl sites for hydroxylation is 1. The summed E-state index contributed by atoms with van der Waals surface area (Å²) in [4.78, 5) is 30.4. The molecule has 1 fully saturated rings. The Morgan fingerprint density at radius 1 is 1.21 bits per heavy atom. The number of amides is 2. The van der Waals surface area contributed by atoms with Crippen LogP contribution in [0.3, 0.4) is 0 Å². The molecule has 2 N–H and O–H groups in total. The van der Waals surface area contributed by atoms with Crippen LogP contribution in [-0.2, 0) is 4.74 Å². The van der Waals surface area contributed by atoms with Gasteiger partial charge in [0.15, 0.2) is 0 Å². The molecule has 1 aromatic heterocycles. The molecule has 2 heterocycles. The number of likely N-dealkylation sites (tertiary alicyclic amines) is 1. The van der Waals surface area contributed by atoms with Gasteiger partial charge >= 0.3 is 6.09 Å². The van der Waals surface area contributed by atoms with Gasteiger partial charge in [-0.25, -0.2) is 4.79 Å². The SMILES string of the molecule is CCOC(=O)N1CCC(Nc2ccnc(C(=O)Nc3cccc(C)c3C)c2)CC1. The van der Waals surface area contributed by atoms with E-state index in [9.17, 15) is 9.59 Å². The van der Waals surface area contributed by atoms with Gasteiger partial charge in [0.05, 0.1) is 6.61 Å². The molecule has 3 rings (SSSR count). The van der Waals surface area contributed by atoms with Crippen molar-refractivity contribution in [3.63, 3.8) is 0 Å². The van der Waals surface area contributed by atoms with Gasteiger partial charge in [0.2, 0.25) is 0 Å². The van der Waals surface area contributed by atoms with E-state index in [-0.39, 0.29) is 18.0 Å². The molecular formula is C22H28N4O3. The predicted octanol–water partition coefficient (Wildman–Crippen LogP) is 3.98. The van der Waals surface area contributed by atoms with E-state index in [1.165, 1.54) is 0 Å². The van der Waals surface area contributed by atoms with Gasteiger partial charge in [0.25, 0.3) is 5.91 Å². The number of anilines is 2. The Balaban J connectivity index is 1.59. The lowest BCUT2D eigenvalue weighted by Gasteiger charge is -2.32. The largest absolute Gasteiger partial charge is 0.450 e. The highest BCUT2D eigenvalue weighted by molar-refractivity contribution is 6.03. The molecule has 0 aliphatic carbocycles. The minimum absolute atomic E-state index is 0.234. The average Bonchev–Trinajstić information content (AvgIpc) is 2.72. The first-order chi connectivity index (χ1) is 14.0. The molecule has 0 radical (unpaired) electrons. The van der Waals surface area contributed by atoms with Crippen LogP contribution < -0.4 is 10.6 Å². The maximum absolute atomic E-state index is 12.6. The number of hydrogen-bond donors (Lipinski definition) is 2. The van der Waals surface area contributed by atoms with Crippen LogP contribution in [0.5, 0.6) is 0 Å². The van der Waals surface area contributed by atoms with Crippen molar-refractivity contribution >= 4 is 23.4 Å². The maximum atomic E-state index is 12.6. The van der Waals surface area contributed by atoms with Crippen molar-refractivity contribution in [3.05, 3.63) is 53.3 Å². The van der Waals surface area contributed by atoms with Crippen LogP contribution in [0.4, 0.5) is 16.2 Å². The lowest BCUT2D eigenvalue weighted by atomic mass is 10.0. The smallest absolute Gasteiger partial charge is 0.409 e. The highest BCUT2D eigenvalue weighted by atomic mass is 16.6. The van der Waals surface area contributed by atoms with E-state index >= 15 is 0 Å². The average molecular weight is 396 g/mol. The minimum Gasteiger partial charge on any atom is -0.450 e. The van der Waals surface area contributed by atoms with Crippen molar-refractivity contribution in [2.75, 3.05) is 30.3 Å². The van der Waals surface area contributed by atoms with E-state index < -0.39 is 0 Å². The molecule has 0 spiro atoms. The number of aromatic nitrogens is 1. The molecular weight excluding hydrogens is 368 g/mol. The molecule has 7 heteroatoms. The maximum Gasteiger partial charge on any atom is 0.409 e. The number of pyridine rings is 1. The van der Waals surface area contributed by atoms with Crippen LogP contribution >= 0.6 is 0 Å². The van der Waals surface area contributed by atoms with Crippen LogP contribution in [0.15, 0.2) is 36.5 Å². The number of nitrogens with one attached hydrogen (secondary N) is 2. The van der Waals surface area contributed by atoms with E-state index in [0.717, 1.165) is 35.3 Å². The summed E-state index contributed by atoms with van der Waals surface area (Å²) in [7, 11) is 0. The van der Waals surface area contributed by atoms with Crippen molar-refractivity contribution < 1.29 is 14.3 Å². The van der Waals surface area contributed by atoms with E-state index in [4.69, 9.17) is 4.74 Å². The zero-order valence-electron chi connectivity index (χ0n) is 17.2. The van der Waals surface area contributed by atoms with Gasteiger partial charge in [-0.2, -0.15) is 0 Å². The van der Waals surface area contributed by atoms with E-state index in [0.29, 0.717) is 25.4 Å². The molecule has 29 heavy (non-hydrogen) atoms. The van der Waals surface area contributed by atoms with Gasteiger partial charge in [0.1, 0.15) is 5.69 Å². The number of nitrogens with zero attached hydrogens (tertiary/aromatic N) is 2. The standard InChI is InChI=1S/C22H28N4O3/c1-4-29-22(28)26-12-9-17(10-13-26)24-18-8-11-23-20(14-18)21(27)25-19-7-5-6-15(2)16(19)3/h5-8,11,14,17H,4,9-10,12-13H2,1-3H3,(H,23,24)(H,25,27). The number of benzene rings is 1. The number of carbonyl (C=O) groups excluding carboxylic acids is 2. The molecule has 0 atom stereocenters. The van der Waals surface area contributed by atoms with Crippen LogP contribution in [0, 0.1) is 13.8 Å². The van der Waals surface area contributed by atoms with Crippen LogP contribution in [-0.4, -0.2) is 47.6 Å². The van der Waals surface area contributed by atoms with Crippen LogP contribution in [0.1, 0.15) is 41.4 Å². The Bertz CT molecular complexity index is 876. The molecule has 2 amide bonds. The zero-order chi connectivity index (χ0) is 20.8. The van der Waals surface area contributed by atoms with E-state index in [1.807, 2.05) is 45.0 Å². The number of rotatable bonds is 5. The fourth-order valence-electron chi connectivity index (χ4n) is 3.37. The monoisotopic (exact) mass is 396 g/mol. The molecule has 1 aromatic carbocycles. The summed E-state index contributed by atoms with van der Waals surface area (Å²) in [6, 6.07) is 9.68. The normalized spacial score (nSPS) is 14.4. The summed E-state index contributed by atoms with van der Waals surface area (Å²) in [5.74, 6) is -0.237. The fraction of sp³-hybridized carbons (Fsp3) is 0.409. The van der Waals surface area contributed by atoms with Crippen molar-refractivity contribution in [1.82, 2.24) is 9.88 Å². The summed E-state index contributed by atoms with van der Waals surface area (Å²) in [5, 5.41) is 6.39. The molecule has 7 nitrogen and oxygen atoms in total. The van der Waals surface area contributed by atoms with E-state index in [1.54, 1.807) is 17.2 Å². The van der Waals surface area contributed by atoms with Crippen molar-refractivity contribution in [3.8, 4) is 0 Å². The van der Waals surface area contributed by atoms with Gasteiger partial charge in [-0.3, -0.25) is 9.78 Å². The molecule has 0 saturated carbocycles. The third-order valence-corrected chi connectivity index (χ3v) is 5.24. The zero-order valence-corrected chi connectivity index (χ0v) is 17.2. The van der Waals surface area contributed by atoms with Gasteiger partial charge in [-0.15, -0.1) is 0 Å². The minimum atomic E-state index is -0.250. The second-order valence-corrected chi connectivity index (χ2v) is 7.24. The highest BCUT2D eigenvalue weighted by Crippen LogP contribution is 2.20. The van der Waals surface area contributed by atoms with Gasteiger partial charge < -0.3 is 20.3 Å². The van der Waals surface area contributed by atoms with Gasteiger partial charge in [-0.05, 0) is 62.9 Å². The van der Waals surface area contributed by atoms with Crippen molar-refractivity contribution in [2.24, 2.45) is 0 Å². The second kappa shape index (κ2) is 9.41. The first-order valence-electron chi connectivity index (χ1n) is 9.99. The number of piperidine rings is 1. The summed E-state index contributed by atoms with van der Waals surface area (Å²) in [5.41, 5.74) is 4.17. The fourth-order valence-corrected chi connectivity index (χ4v) is 3.37. The van der Waals surface area contributed by atoms with Crippen molar-refractivity contribution in [2.45, 2.75) is 39.7 Å². The molecule has 154 valence electrons. The third-order valence-electron chi connectivity index (χ3n) is 5.24. The molecule has 1 saturated heterocycles. The lowest BCUT2D eigenvalue weighted by molar-refractivity contribution is 0.0981. The lowest BCUT2D eigenvalue weighted by Crippen LogP contribution is -2.42. The Morgan fingerprint density at radius 2 is 1.97 bits per heavy atom. The Kier molecular flexibility index (Phi) is 6.69. The van der Waals surface area contributed by atoms with Crippen molar-refractivity contribution in [1.29, 1.82) is 0 Å². The highest BCUT2D eigenvalue weighted by Gasteiger charge is 2.23. The van der Waals surface area contributed by atoms with Gasteiger partial charge in [0, 0.05) is 36.7 Å². The second-order valence-electron chi connectivity index (χ2n) is 7.24. The van der Waals surface area contributed by atoms with E-state index in [2.05, 4.69) is 15.6 Å². The molecule has 0 unspecified atom stereocenters. The Morgan fingerprint density at radius 3 is 2.69 bits per heavy atom. The molecule has 1 aliphatic rings. The summed E-state index contributed by atoms with van der Waals surface area (Å²) < 4.78 is 5.06. The topological polar surface area (TPSA) is 83.6 Å². The number of hydrogen-bond acceptors (Lipinski definition) is 5. The van der Waals surface area contributed by atoms with Crippen LogP contribution in [0.25, 0.3) is 0 Å². The quantitative estimate of drug-likeness (QED) is 0.799. The molecule has 2 aromatic rings. The summed E-state index contributed by atoms with van der Waals surface area (Å²) in [6.45, 7) is 7.51. The molecule has 1 aliphatic heterocycles. The number of carbonyl (C=O) groups is 2. The Hall–Kier alpha value is -3.09. The Labute approximate surface area is 171 Å². The summed E-state index contributed by atoms with van der Waals surface area (Å²) in [6.07, 6.45) is 3.03. The number of ether oxygens (including phenoxy) is 1. The predicted molar refractivity (Wildman–Crippen MR) is 113 cm³/mol. The summed E-state index contributed by atoms with van der Waals surface area (Å²) >= 11 is 0.